The molecule has 5 rings (SSSR count). The third-order valence-electron chi connectivity index (χ3n) is 6.58. The Balaban J connectivity index is 1.21. The zero-order valence-corrected chi connectivity index (χ0v) is 17.8. The average Bonchev–Trinajstić information content (AvgIpc) is 2.85. The van der Waals surface area contributed by atoms with Gasteiger partial charge in [0.05, 0.1) is 5.41 Å². The summed E-state index contributed by atoms with van der Waals surface area (Å²) in [7, 11) is 0. The number of hydrogen-bond donors (Lipinski definition) is 1. The van der Waals surface area contributed by atoms with Gasteiger partial charge in [0, 0.05) is 12.7 Å². The second kappa shape index (κ2) is 8.63. The van der Waals surface area contributed by atoms with Gasteiger partial charge in [0.2, 0.25) is 0 Å². The van der Waals surface area contributed by atoms with Crippen LogP contribution in [0.3, 0.4) is 0 Å². The van der Waals surface area contributed by atoms with Crippen molar-refractivity contribution in [2.45, 2.75) is 30.9 Å². The van der Waals surface area contributed by atoms with E-state index in [4.69, 9.17) is 9.47 Å². The van der Waals surface area contributed by atoms with Gasteiger partial charge in [-0.25, -0.2) is 4.98 Å². The summed E-state index contributed by atoms with van der Waals surface area (Å²) < 4.78 is 11.8. The Hall–Kier alpha value is -3.38. The summed E-state index contributed by atoms with van der Waals surface area (Å²) >= 11 is 0. The summed E-state index contributed by atoms with van der Waals surface area (Å²) in [6.45, 7) is 2.77. The van der Waals surface area contributed by atoms with Crippen molar-refractivity contribution in [3.8, 4) is 11.6 Å². The number of fused-ring (bicyclic) bond motifs is 1. The maximum Gasteiger partial charge on any atom is 0.314 e. The molecule has 164 valence electrons. The number of piperidine rings is 1. The lowest BCUT2D eigenvalue weighted by Crippen LogP contribution is -2.47. The quantitative estimate of drug-likeness (QED) is 0.654. The van der Waals surface area contributed by atoms with E-state index >= 15 is 0 Å². The van der Waals surface area contributed by atoms with Crippen LogP contribution in [0.5, 0.6) is 11.6 Å². The van der Waals surface area contributed by atoms with E-state index in [-0.39, 0.29) is 6.10 Å². The molecule has 0 saturated carbocycles. The molecular weight excluding hydrogens is 404 g/mol. The van der Waals surface area contributed by atoms with Crippen molar-refractivity contribution >= 4 is 5.97 Å². The minimum absolute atomic E-state index is 0.177. The predicted molar refractivity (Wildman–Crippen MR) is 120 cm³/mol. The second-order valence-electron chi connectivity index (χ2n) is 8.50. The third kappa shape index (κ3) is 3.94. The van der Waals surface area contributed by atoms with Gasteiger partial charge < -0.3 is 14.6 Å². The van der Waals surface area contributed by atoms with Crippen molar-refractivity contribution in [1.29, 1.82) is 0 Å². The lowest BCUT2D eigenvalue weighted by Gasteiger charge is -2.39. The normalized spacial score (nSPS) is 19.9. The van der Waals surface area contributed by atoms with Gasteiger partial charge >= 0.3 is 5.97 Å². The highest BCUT2D eigenvalue weighted by molar-refractivity contribution is 5.81. The van der Waals surface area contributed by atoms with Crippen LogP contribution in [-0.4, -0.2) is 40.7 Å². The summed E-state index contributed by atoms with van der Waals surface area (Å²) in [6, 6.07) is 21.7. The van der Waals surface area contributed by atoms with Gasteiger partial charge in [0.1, 0.15) is 6.61 Å². The molecule has 0 bridgehead atoms. The first-order valence-corrected chi connectivity index (χ1v) is 11.0. The van der Waals surface area contributed by atoms with Crippen molar-refractivity contribution < 1.29 is 19.4 Å². The van der Waals surface area contributed by atoms with E-state index in [1.165, 1.54) is 5.56 Å². The highest BCUT2D eigenvalue weighted by Crippen LogP contribution is 2.37. The number of carboxylic acid groups (broad SMARTS) is 1. The lowest BCUT2D eigenvalue weighted by atomic mass is 9.73. The van der Waals surface area contributed by atoms with Crippen LogP contribution in [0.15, 0.2) is 72.9 Å². The number of aromatic nitrogens is 1. The molecular formula is C26H26N2O4. The number of aliphatic carboxylic acids is 1. The molecule has 3 heterocycles. The Kier molecular flexibility index (Phi) is 5.53. The van der Waals surface area contributed by atoms with Crippen LogP contribution in [-0.2, 0) is 16.8 Å². The van der Waals surface area contributed by atoms with E-state index in [1.54, 1.807) is 6.20 Å². The smallest absolute Gasteiger partial charge is 0.314 e. The Labute approximate surface area is 187 Å². The molecule has 0 spiro atoms. The summed E-state index contributed by atoms with van der Waals surface area (Å²) in [5.41, 5.74) is 2.37. The average molecular weight is 431 g/mol. The topological polar surface area (TPSA) is 71.9 Å². The van der Waals surface area contributed by atoms with Crippen molar-refractivity contribution in [2.24, 2.45) is 0 Å². The Bertz CT molecular complexity index is 1080. The maximum absolute atomic E-state index is 12.2. The molecule has 0 radical (unpaired) electrons. The van der Waals surface area contributed by atoms with Gasteiger partial charge in [-0.1, -0.05) is 54.6 Å². The molecule has 0 aliphatic carbocycles. The van der Waals surface area contributed by atoms with Crippen molar-refractivity contribution in [3.63, 3.8) is 0 Å². The molecule has 2 aliphatic heterocycles. The van der Waals surface area contributed by atoms with Crippen molar-refractivity contribution in [3.05, 3.63) is 89.6 Å². The van der Waals surface area contributed by atoms with Gasteiger partial charge in [-0.3, -0.25) is 9.69 Å². The van der Waals surface area contributed by atoms with Crippen LogP contribution < -0.4 is 9.47 Å². The van der Waals surface area contributed by atoms with Crippen LogP contribution in [0.1, 0.15) is 35.6 Å². The van der Waals surface area contributed by atoms with Crippen molar-refractivity contribution in [1.82, 2.24) is 9.88 Å². The molecule has 2 aliphatic rings. The number of benzene rings is 2. The lowest BCUT2D eigenvalue weighted by molar-refractivity contribution is -0.146. The summed E-state index contributed by atoms with van der Waals surface area (Å²) in [6.07, 6.45) is 2.75. The molecule has 1 fully saturated rings. The van der Waals surface area contributed by atoms with Crippen LogP contribution in [0, 0.1) is 0 Å². The highest BCUT2D eigenvalue weighted by atomic mass is 16.6. The first kappa shape index (κ1) is 20.5. The van der Waals surface area contributed by atoms with Crippen LogP contribution in [0.4, 0.5) is 0 Å². The second-order valence-corrected chi connectivity index (χ2v) is 8.50. The summed E-state index contributed by atoms with van der Waals surface area (Å²) in [5, 5.41) is 9.99. The van der Waals surface area contributed by atoms with E-state index in [0.717, 1.165) is 30.8 Å². The number of carboxylic acids is 1. The molecule has 0 unspecified atom stereocenters. The zero-order valence-electron chi connectivity index (χ0n) is 17.8. The maximum atomic E-state index is 12.2. The summed E-state index contributed by atoms with van der Waals surface area (Å²) in [4.78, 5) is 18.7. The van der Waals surface area contributed by atoms with Gasteiger partial charge in [-0.2, -0.15) is 0 Å². The van der Waals surface area contributed by atoms with E-state index in [0.29, 0.717) is 31.1 Å². The van der Waals surface area contributed by atoms with Gasteiger partial charge in [0.25, 0.3) is 5.88 Å². The number of nitrogens with zero attached hydrogens (tertiary/aromatic N) is 2. The van der Waals surface area contributed by atoms with Gasteiger partial charge in [0.15, 0.2) is 11.9 Å². The number of hydrogen-bond acceptors (Lipinski definition) is 5. The highest BCUT2D eigenvalue weighted by Gasteiger charge is 2.42. The molecule has 2 aromatic carbocycles. The zero-order chi connectivity index (χ0) is 22.0. The van der Waals surface area contributed by atoms with Crippen molar-refractivity contribution in [2.75, 3.05) is 19.7 Å². The SMILES string of the molecule is O=C(O)C1(c2ccccc2)CCN(Cc2ccc([C@H]3COc4cccnc4O3)cc2)CC1. The van der Waals surface area contributed by atoms with E-state index in [1.807, 2.05) is 42.5 Å². The fourth-order valence-corrected chi connectivity index (χ4v) is 4.64. The molecule has 3 aromatic rings. The molecule has 1 saturated heterocycles. The van der Waals surface area contributed by atoms with Crippen LogP contribution in [0.2, 0.25) is 0 Å². The molecule has 1 N–H and O–H groups in total. The fourth-order valence-electron chi connectivity index (χ4n) is 4.64. The molecule has 6 heteroatoms. The van der Waals surface area contributed by atoms with E-state index in [2.05, 4.69) is 34.1 Å². The number of carbonyl (C=O) groups is 1. The number of rotatable bonds is 5. The monoisotopic (exact) mass is 430 g/mol. The molecule has 6 nitrogen and oxygen atoms in total. The Morgan fingerprint density at radius 3 is 2.50 bits per heavy atom. The van der Waals surface area contributed by atoms with E-state index in [9.17, 15) is 9.90 Å². The third-order valence-corrected chi connectivity index (χ3v) is 6.58. The first-order chi connectivity index (χ1) is 15.6. The minimum Gasteiger partial charge on any atom is -0.484 e. The number of pyridine rings is 1. The van der Waals surface area contributed by atoms with E-state index < -0.39 is 11.4 Å². The van der Waals surface area contributed by atoms with Crippen LogP contribution in [0.25, 0.3) is 0 Å². The Morgan fingerprint density at radius 1 is 1.03 bits per heavy atom. The summed E-state index contributed by atoms with van der Waals surface area (Å²) in [5.74, 6) is 0.485. The standard InChI is InChI=1S/C26H26N2O4/c29-25(30)26(21-5-2-1-3-6-21)12-15-28(16-13-26)17-19-8-10-20(11-9-19)23-18-31-22-7-4-14-27-24(22)32-23/h1-11,14,23H,12-13,15-18H2,(H,29,30)/t23-/m1/s1. The molecule has 1 atom stereocenters. The van der Waals surface area contributed by atoms with Gasteiger partial charge in [-0.15, -0.1) is 0 Å². The minimum atomic E-state index is -0.787. The first-order valence-electron chi connectivity index (χ1n) is 11.0. The molecule has 32 heavy (non-hydrogen) atoms. The fraction of sp³-hybridized carbons (Fsp3) is 0.308. The number of ether oxygens (including phenoxy) is 2. The molecule has 0 amide bonds. The van der Waals surface area contributed by atoms with Crippen LogP contribution >= 0.6 is 0 Å². The van der Waals surface area contributed by atoms with Gasteiger partial charge in [-0.05, 0) is 54.8 Å². The number of likely N-dealkylation sites (tertiary alicyclic amines) is 1. The Morgan fingerprint density at radius 2 is 1.78 bits per heavy atom. The predicted octanol–water partition coefficient (Wildman–Crippen LogP) is 4.21. The largest absolute Gasteiger partial charge is 0.484 e. The molecule has 1 aromatic heterocycles.